The molecule has 1 saturated heterocycles. The van der Waals surface area contributed by atoms with E-state index in [1.807, 2.05) is 0 Å². The third-order valence-electron chi connectivity index (χ3n) is 3.38. The first-order valence-corrected chi connectivity index (χ1v) is 6.26. The lowest BCUT2D eigenvalue weighted by molar-refractivity contribution is 0.0417. The predicted octanol–water partition coefficient (Wildman–Crippen LogP) is 0.722. The molecule has 96 valence electrons. The van der Waals surface area contributed by atoms with Gasteiger partial charge >= 0.3 is 0 Å². The number of piperidine rings is 1. The van der Waals surface area contributed by atoms with Crippen LogP contribution in [0.5, 0.6) is 0 Å². The van der Waals surface area contributed by atoms with Crippen molar-refractivity contribution in [3.8, 4) is 0 Å². The highest BCUT2D eigenvalue weighted by atomic mass is 16.5. The van der Waals surface area contributed by atoms with Crippen LogP contribution < -0.4 is 5.32 Å². The number of hydrogen-bond donors (Lipinski definition) is 1. The van der Waals surface area contributed by atoms with E-state index < -0.39 is 0 Å². The Bertz CT molecular complexity index is 178. The van der Waals surface area contributed by atoms with Crippen molar-refractivity contribution < 1.29 is 9.47 Å². The van der Waals surface area contributed by atoms with Crippen LogP contribution in [0.2, 0.25) is 0 Å². The Labute approximate surface area is 99.3 Å². The Kier molecular flexibility index (Phi) is 6.96. The molecule has 1 fully saturated rings. The smallest absolute Gasteiger partial charge is 0.0700 e. The van der Waals surface area contributed by atoms with Crippen molar-refractivity contribution in [3.05, 3.63) is 0 Å². The average molecular weight is 230 g/mol. The Morgan fingerprint density at radius 1 is 1.31 bits per heavy atom. The molecule has 1 rings (SSSR count). The first kappa shape index (κ1) is 13.9. The van der Waals surface area contributed by atoms with Gasteiger partial charge in [0.2, 0.25) is 0 Å². The Balaban J connectivity index is 2.08. The minimum atomic E-state index is 0.664. The molecule has 0 radical (unpaired) electrons. The first-order valence-electron chi connectivity index (χ1n) is 6.26. The van der Waals surface area contributed by atoms with Crippen LogP contribution in [-0.2, 0) is 9.47 Å². The maximum Gasteiger partial charge on any atom is 0.0700 e. The van der Waals surface area contributed by atoms with Crippen molar-refractivity contribution in [2.24, 2.45) is 0 Å². The fourth-order valence-electron chi connectivity index (χ4n) is 2.24. The molecule has 16 heavy (non-hydrogen) atoms. The van der Waals surface area contributed by atoms with Crippen molar-refractivity contribution in [2.75, 3.05) is 47.1 Å². The van der Waals surface area contributed by atoms with Gasteiger partial charge < -0.3 is 14.8 Å². The van der Waals surface area contributed by atoms with Gasteiger partial charge in [-0.3, -0.25) is 4.90 Å². The molecule has 1 heterocycles. The van der Waals surface area contributed by atoms with E-state index in [0.717, 1.165) is 13.2 Å². The SMILES string of the molecule is CNC1CCN(CCOCCOC)C(C)C1. The summed E-state index contributed by atoms with van der Waals surface area (Å²) in [6.45, 7) is 6.74. The van der Waals surface area contributed by atoms with Crippen LogP contribution in [0.4, 0.5) is 0 Å². The number of methoxy groups -OCH3 is 1. The fraction of sp³-hybridized carbons (Fsp3) is 1.00. The van der Waals surface area contributed by atoms with Gasteiger partial charge in [0, 0.05) is 25.7 Å². The van der Waals surface area contributed by atoms with Crippen LogP contribution in [-0.4, -0.2) is 64.1 Å². The molecule has 4 heteroatoms. The van der Waals surface area contributed by atoms with E-state index in [-0.39, 0.29) is 0 Å². The van der Waals surface area contributed by atoms with E-state index in [1.165, 1.54) is 19.4 Å². The number of hydrogen-bond acceptors (Lipinski definition) is 4. The van der Waals surface area contributed by atoms with Crippen molar-refractivity contribution in [1.29, 1.82) is 0 Å². The summed E-state index contributed by atoms with van der Waals surface area (Å²) in [7, 11) is 3.76. The van der Waals surface area contributed by atoms with E-state index in [9.17, 15) is 0 Å². The van der Waals surface area contributed by atoms with Gasteiger partial charge in [-0.1, -0.05) is 0 Å². The monoisotopic (exact) mass is 230 g/mol. The molecule has 2 atom stereocenters. The lowest BCUT2D eigenvalue weighted by Gasteiger charge is -2.37. The zero-order valence-electron chi connectivity index (χ0n) is 10.9. The highest BCUT2D eigenvalue weighted by molar-refractivity contribution is 4.81. The molecule has 0 aliphatic carbocycles. The van der Waals surface area contributed by atoms with Crippen LogP contribution >= 0.6 is 0 Å². The molecular weight excluding hydrogens is 204 g/mol. The minimum absolute atomic E-state index is 0.664. The third-order valence-corrected chi connectivity index (χ3v) is 3.38. The van der Waals surface area contributed by atoms with Gasteiger partial charge in [-0.25, -0.2) is 0 Å². The first-order chi connectivity index (χ1) is 7.77. The van der Waals surface area contributed by atoms with Crippen LogP contribution in [0.3, 0.4) is 0 Å². The van der Waals surface area contributed by atoms with Gasteiger partial charge in [0.1, 0.15) is 0 Å². The van der Waals surface area contributed by atoms with E-state index in [0.29, 0.717) is 25.3 Å². The Morgan fingerprint density at radius 3 is 2.75 bits per heavy atom. The van der Waals surface area contributed by atoms with E-state index in [1.54, 1.807) is 7.11 Å². The number of likely N-dealkylation sites (tertiary alicyclic amines) is 1. The van der Waals surface area contributed by atoms with E-state index in [4.69, 9.17) is 9.47 Å². The van der Waals surface area contributed by atoms with Crippen molar-refractivity contribution in [3.63, 3.8) is 0 Å². The summed E-state index contributed by atoms with van der Waals surface area (Å²) in [5.41, 5.74) is 0. The van der Waals surface area contributed by atoms with Gasteiger partial charge in [-0.05, 0) is 33.4 Å². The van der Waals surface area contributed by atoms with Gasteiger partial charge in [-0.15, -0.1) is 0 Å². The molecule has 2 unspecified atom stereocenters. The van der Waals surface area contributed by atoms with Crippen molar-refractivity contribution in [2.45, 2.75) is 31.8 Å². The molecular formula is C12H26N2O2. The van der Waals surface area contributed by atoms with Gasteiger partial charge in [0.25, 0.3) is 0 Å². The summed E-state index contributed by atoms with van der Waals surface area (Å²) in [5, 5.41) is 3.36. The Hall–Kier alpha value is -0.160. The zero-order chi connectivity index (χ0) is 11.8. The average Bonchev–Trinajstić information content (AvgIpc) is 2.30. The number of nitrogens with one attached hydrogen (secondary N) is 1. The Morgan fingerprint density at radius 2 is 2.12 bits per heavy atom. The van der Waals surface area contributed by atoms with Gasteiger partial charge in [0.15, 0.2) is 0 Å². The number of rotatable bonds is 7. The van der Waals surface area contributed by atoms with Crippen molar-refractivity contribution in [1.82, 2.24) is 10.2 Å². The second kappa shape index (κ2) is 8.01. The molecule has 1 N–H and O–H groups in total. The standard InChI is InChI=1S/C12H26N2O2/c1-11-10-12(13-2)4-5-14(11)6-7-16-9-8-15-3/h11-13H,4-10H2,1-3H3. The van der Waals surface area contributed by atoms with Crippen LogP contribution in [0.25, 0.3) is 0 Å². The topological polar surface area (TPSA) is 33.7 Å². The van der Waals surface area contributed by atoms with Gasteiger partial charge in [-0.2, -0.15) is 0 Å². The predicted molar refractivity (Wildman–Crippen MR) is 65.8 cm³/mol. The molecule has 0 bridgehead atoms. The summed E-state index contributed by atoms with van der Waals surface area (Å²) >= 11 is 0. The lowest BCUT2D eigenvalue weighted by atomic mass is 9.99. The second-order valence-electron chi connectivity index (χ2n) is 4.50. The van der Waals surface area contributed by atoms with Crippen LogP contribution in [0.1, 0.15) is 19.8 Å². The molecule has 0 aromatic heterocycles. The van der Waals surface area contributed by atoms with Crippen LogP contribution in [0.15, 0.2) is 0 Å². The second-order valence-corrected chi connectivity index (χ2v) is 4.50. The molecule has 0 aromatic carbocycles. The highest BCUT2D eigenvalue weighted by Crippen LogP contribution is 2.16. The maximum atomic E-state index is 5.50. The molecule has 1 aliphatic rings. The van der Waals surface area contributed by atoms with E-state index in [2.05, 4.69) is 24.2 Å². The molecule has 0 amide bonds. The normalized spacial score (nSPS) is 27.2. The molecule has 4 nitrogen and oxygen atoms in total. The largest absolute Gasteiger partial charge is 0.382 e. The minimum Gasteiger partial charge on any atom is -0.382 e. The van der Waals surface area contributed by atoms with Crippen molar-refractivity contribution >= 4 is 0 Å². The summed E-state index contributed by atoms with van der Waals surface area (Å²) in [6.07, 6.45) is 2.49. The number of nitrogens with zero attached hydrogens (tertiary/aromatic N) is 1. The lowest BCUT2D eigenvalue weighted by Crippen LogP contribution is -2.47. The summed E-state index contributed by atoms with van der Waals surface area (Å²) in [5.74, 6) is 0. The maximum absolute atomic E-state index is 5.50. The quantitative estimate of drug-likeness (QED) is 0.654. The third kappa shape index (κ3) is 4.78. The highest BCUT2D eigenvalue weighted by Gasteiger charge is 2.23. The van der Waals surface area contributed by atoms with Gasteiger partial charge in [0.05, 0.1) is 19.8 Å². The summed E-state index contributed by atoms with van der Waals surface area (Å²) in [6, 6.07) is 1.36. The molecule has 1 aliphatic heterocycles. The van der Waals surface area contributed by atoms with E-state index >= 15 is 0 Å². The number of ether oxygens (including phenoxy) is 2. The van der Waals surface area contributed by atoms with Crippen LogP contribution in [0, 0.1) is 0 Å². The molecule has 0 saturated carbocycles. The summed E-state index contributed by atoms with van der Waals surface area (Å²) < 4.78 is 10.4. The molecule has 0 spiro atoms. The fourth-order valence-corrected chi connectivity index (χ4v) is 2.24. The summed E-state index contributed by atoms with van der Waals surface area (Å²) in [4.78, 5) is 2.51. The molecule has 0 aromatic rings. The zero-order valence-corrected chi connectivity index (χ0v) is 10.9.